The number of nitrogens with two attached hydrogens (primary N) is 1. The molecule has 38 heavy (non-hydrogen) atoms. The number of aliphatic carboxylic acids is 1. The molecule has 0 radical (unpaired) electrons. The van der Waals surface area contributed by atoms with Gasteiger partial charge in [0.05, 0.1) is 12.3 Å². The van der Waals surface area contributed by atoms with Crippen molar-refractivity contribution < 1.29 is 19.5 Å². The van der Waals surface area contributed by atoms with Crippen LogP contribution in [0.3, 0.4) is 0 Å². The van der Waals surface area contributed by atoms with Crippen LogP contribution in [0.15, 0.2) is 12.1 Å². The van der Waals surface area contributed by atoms with Gasteiger partial charge in [-0.05, 0) is 108 Å². The number of carboxylic acid groups (broad SMARTS) is 1. The lowest BCUT2D eigenvalue weighted by Gasteiger charge is -2.44. The molecule has 3 saturated carbocycles. The minimum atomic E-state index is -0.883. The molecule has 1 atom stereocenters. The van der Waals surface area contributed by atoms with Crippen LogP contribution in [0.4, 0.5) is 5.82 Å². The second-order valence-electron chi connectivity index (χ2n) is 11.6. The highest BCUT2D eigenvalue weighted by atomic mass is 16.4. The largest absolute Gasteiger partial charge is 0.481 e. The molecule has 2 amide bonds. The molecule has 9 nitrogen and oxygen atoms in total. The number of nitrogens with zero attached hydrogens (tertiary/aromatic N) is 2. The molecule has 1 saturated heterocycles. The first-order valence-corrected chi connectivity index (χ1v) is 14.6. The van der Waals surface area contributed by atoms with E-state index in [1.54, 1.807) is 0 Å². The number of anilines is 1. The van der Waals surface area contributed by atoms with Gasteiger partial charge in [-0.25, -0.2) is 4.98 Å². The van der Waals surface area contributed by atoms with E-state index in [0.29, 0.717) is 0 Å². The van der Waals surface area contributed by atoms with Gasteiger partial charge in [-0.3, -0.25) is 14.4 Å². The van der Waals surface area contributed by atoms with Gasteiger partial charge in [0.1, 0.15) is 5.82 Å². The van der Waals surface area contributed by atoms with Crippen molar-refractivity contribution in [3.8, 4) is 0 Å². The number of piperidine rings is 1. The fourth-order valence-electron chi connectivity index (χ4n) is 6.52. The number of carbonyl (C=O) groups is 3. The summed E-state index contributed by atoms with van der Waals surface area (Å²) in [6.07, 6.45) is 13.0. The van der Waals surface area contributed by atoms with Crippen molar-refractivity contribution in [1.82, 2.24) is 15.2 Å². The molecule has 3 heterocycles. The van der Waals surface area contributed by atoms with E-state index in [1.807, 2.05) is 0 Å². The average molecular weight is 528 g/mol. The number of pyridine rings is 1. The number of aromatic nitrogens is 1. The van der Waals surface area contributed by atoms with Crippen molar-refractivity contribution in [2.24, 2.45) is 23.0 Å². The predicted octanol–water partition coefficient (Wildman–Crippen LogP) is 3.12. The van der Waals surface area contributed by atoms with Gasteiger partial charge in [0.15, 0.2) is 0 Å². The summed E-state index contributed by atoms with van der Waals surface area (Å²) in [7, 11) is 0. The minimum absolute atomic E-state index is 0.0108. The van der Waals surface area contributed by atoms with E-state index in [1.165, 1.54) is 31.2 Å². The maximum Gasteiger partial charge on any atom is 0.305 e. The Kier molecular flexibility index (Phi) is 9.99. The first-order chi connectivity index (χ1) is 18.3. The number of carbonyl (C=O) groups excluding carboxylic acids is 2. The number of hydrogen-bond donors (Lipinski definition) is 4. The maximum atomic E-state index is 12.2. The van der Waals surface area contributed by atoms with Gasteiger partial charge >= 0.3 is 5.97 Å². The second-order valence-corrected chi connectivity index (χ2v) is 11.6. The number of hydrogen-bond acceptors (Lipinski definition) is 6. The number of likely N-dealkylation sites (tertiary alicyclic amines) is 1. The molecule has 3 aliphatic carbocycles. The summed E-state index contributed by atoms with van der Waals surface area (Å²) in [6, 6.07) is 4.34. The highest BCUT2D eigenvalue weighted by Crippen LogP contribution is 2.49. The van der Waals surface area contributed by atoms with Crippen LogP contribution in [-0.2, 0) is 27.2 Å². The standard InChI is InChI=1S/C20H30N4O3.C9H15NO/c25-18(26)9-11-22-20(27)16-5-2-12-24(14-16)13-3-6-17-8-7-15-4-1-10-21-19(15)23-17;10-8(11)9-4-1-7(2-5-9)3-6-9/h7-8,16H,1-6,9-14H2,(H,21,23)(H,22,27)(H,25,26);7H,1-6H2,(H2,10,11). The van der Waals surface area contributed by atoms with E-state index in [4.69, 9.17) is 15.8 Å². The summed E-state index contributed by atoms with van der Waals surface area (Å²) >= 11 is 0. The first kappa shape index (κ1) is 28.3. The van der Waals surface area contributed by atoms with Gasteiger partial charge in [-0.15, -0.1) is 0 Å². The lowest BCUT2D eigenvalue weighted by atomic mass is 9.60. The molecule has 1 aromatic rings. The van der Waals surface area contributed by atoms with Crippen molar-refractivity contribution in [3.63, 3.8) is 0 Å². The van der Waals surface area contributed by atoms with Gasteiger partial charge in [0, 0.05) is 30.7 Å². The summed E-state index contributed by atoms with van der Waals surface area (Å²) in [5.74, 6) is 0.996. The van der Waals surface area contributed by atoms with E-state index in [9.17, 15) is 14.4 Å². The number of fused-ring (bicyclic) bond motifs is 4. The number of aryl methyl sites for hydroxylation is 2. The van der Waals surface area contributed by atoms with Crippen LogP contribution in [0.2, 0.25) is 0 Å². The Morgan fingerprint density at radius 2 is 1.89 bits per heavy atom. The Morgan fingerprint density at radius 1 is 1.13 bits per heavy atom. The highest BCUT2D eigenvalue weighted by Gasteiger charge is 2.44. The zero-order valence-corrected chi connectivity index (χ0v) is 22.7. The monoisotopic (exact) mass is 527 g/mol. The zero-order valence-electron chi connectivity index (χ0n) is 22.7. The van der Waals surface area contributed by atoms with Gasteiger partial charge in [-0.2, -0.15) is 0 Å². The van der Waals surface area contributed by atoms with E-state index in [-0.39, 0.29) is 36.1 Å². The van der Waals surface area contributed by atoms with E-state index >= 15 is 0 Å². The molecule has 1 aromatic heterocycles. The number of primary amides is 1. The molecule has 6 rings (SSSR count). The van der Waals surface area contributed by atoms with Crippen molar-refractivity contribution >= 4 is 23.6 Å². The fraction of sp³-hybridized carbons (Fsp3) is 0.724. The summed E-state index contributed by atoms with van der Waals surface area (Å²) in [4.78, 5) is 41.0. The minimum Gasteiger partial charge on any atom is -0.481 e. The normalized spacial score (nSPS) is 26.3. The van der Waals surface area contributed by atoms with Crippen molar-refractivity contribution in [1.29, 1.82) is 0 Å². The molecule has 5 N–H and O–H groups in total. The van der Waals surface area contributed by atoms with Crippen LogP contribution >= 0.6 is 0 Å². The Balaban J connectivity index is 0.000000253. The number of amides is 2. The molecule has 210 valence electrons. The summed E-state index contributed by atoms with van der Waals surface area (Å²) < 4.78 is 0. The Labute approximate surface area is 226 Å². The molecule has 0 spiro atoms. The number of nitrogens with one attached hydrogen (secondary N) is 2. The smallest absolute Gasteiger partial charge is 0.305 e. The third-order valence-electron chi connectivity index (χ3n) is 8.99. The summed E-state index contributed by atoms with van der Waals surface area (Å²) in [6.45, 7) is 3.97. The number of rotatable bonds is 9. The molecule has 2 aliphatic heterocycles. The molecule has 9 heteroatoms. The Morgan fingerprint density at radius 3 is 2.58 bits per heavy atom. The first-order valence-electron chi connectivity index (χ1n) is 14.6. The molecule has 1 unspecified atom stereocenters. The third-order valence-corrected chi connectivity index (χ3v) is 8.99. The van der Waals surface area contributed by atoms with Crippen molar-refractivity contribution in [2.45, 2.75) is 83.5 Å². The molecule has 5 aliphatic rings. The lowest BCUT2D eigenvalue weighted by Crippen LogP contribution is -2.44. The van der Waals surface area contributed by atoms with Crippen LogP contribution in [0.5, 0.6) is 0 Å². The van der Waals surface area contributed by atoms with Gasteiger partial charge in [-0.1, -0.05) is 6.07 Å². The fourth-order valence-corrected chi connectivity index (χ4v) is 6.52. The van der Waals surface area contributed by atoms with Crippen LogP contribution in [0.1, 0.15) is 81.9 Å². The average Bonchev–Trinajstić information content (AvgIpc) is 2.94. The summed E-state index contributed by atoms with van der Waals surface area (Å²) in [5, 5.41) is 14.8. The van der Waals surface area contributed by atoms with Gasteiger partial charge in [0.25, 0.3) is 0 Å². The zero-order chi connectivity index (χ0) is 27.0. The summed E-state index contributed by atoms with van der Waals surface area (Å²) in [5.41, 5.74) is 7.77. The SMILES string of the molecule is NC(=O)C12CCC(CC1)CC2.O=C(O)CCNC(=O)C1CCCN(CCCc2ccc3c(n2)NCCC3)C1. The quantitative estimate of drug-likeness (QED) is 0.387. The van der Waals surface area contributed by atoms with E-state index in [0.717, 1.165) is 95.0 Å². The Bertz CT molecular complexity index is 962. The van der Waals surface area contributed by atoms with Crippen LogP contribution in [0.25, 0.3) is 0 Å². The van der Waals surface area contributed by atoms with E-state index < -0.39 is 5.97 Å². The van der Waals surface area contributed by atoms with Crippen LogP contribution in [0, 0.1) is 17.3 Å². The van der Waals surface area contributed by atoms with Gasteiger partial charge < -0.3 is 26.4 Å². The van der Waals surface area contributed by atoms with Crippen molar-refractivity contribution in [2.75, 3.05) is 38.0 Å². The Hall–Kier alpha value is -2.68. The third kappa shape index (κ3) is 7.68. The van der Waals surface area contributed by atoms with Crippen molar-refractivity contribution in [3.05, 3.63) is 23.4 Å². The predicted molar refractivity (Wildman–Crippen MR) is 147 cm³/mol. The van der Waals surface area contributed by atoms with Gasteiger partial charge in [0.2, 0.25) is 11.8 Å². The molecule has 4 fully saturated rings. The second kappa shape index (κ2) is 13.4. The van der Waals surface area contributed by atoms with Crippen LogP contribution < -0.4 is 16.4 Å². The molecular weight excluding hydrogens is 482 g/mol. The highest BCUT2D eigenvalue weighted by molar-refractivity contribution is 5.81. The van der Waals surface area contributed by atoms with Crippen LogP contribution in [-0.4, -0.2) is 65.5 Å². The molecule has 0 aromatic carbocycles. The molecule has 2 bridgehead atoms. The maximum absolute atomic E-state index is 12.2. The lowest BCUT2D eigenvalue weighted by molar-refractivity contribution is -0.137. The number of carboxylic acids is 1. The van der Waals surface area contributed by atoms with E-state index in [2.05, 4.69) is 27.7 Å². The topological polar surface area (TPSA) is 138 Å². The molecular formula is C29H45N5O4.